The van der Waals surface area contributed by atoms with Gasteiger partial charge in [-0.2, -0.15) is 4.98 Å². The second kappa shape index (κ2) is 11.2. The molecule has 0 spiro atoms. The molecule has 0 saturated carbocycles. The van der Waals surface area contributed by atoms with Crippen molar-refractivity contribution in [2.45, 2.75) is 46.1 Å². The average molecular weight is 390 g/mol. The lowest BCUT2D eigenvalue weighted by Crippen LogP contribution is -2.39. The number of rotatable bonds is 10. The van der Waals surface area contributed by atoms with Crippen molar-refractivity contribution in [1.82, 2.24) is 20.8 Å². The van der Waals surface area contributed by atoms with Crippen molar-refractivity contribution in [3.8, 4) is 11.5 Å². The van der Waals surface area contributed by atoms with Crippen LogP contribution in [-0.4, -0.2) is 48.9 Å². The van der Waals surface area contributed by atoms with E-state index in [1.807, 2.05) is 52.0 Å². The molecule has 2 rings (SSSR count). The predicted molar refractivity (Wildman–Crippen MR) is 109 cm³/mol. The molecule has 0 radical (unpaired) electrons. The quantitative estimate of drug-likeness (QED) is 0.477. The van der Waals surface area contributed by atoms with Gasteiger partial charge in [0, 0.05) is 25.4 Å². The topological polar surface area (TPSA) is 93.8 Å². The number of hydrogen-bond acceptors (Lipinski definition) is 6. The Balaban J connectivity index is 1.84. The normalized spacial score (nSPS) is 12.7. The SMILES string of the molecule is CCNC(=NCC(C)Oc1ccccc1OC)NCCc1nc(C(C)C)no1. The molecule has 1 unspecified atom stereocenters. The van der Waals surface area contributed by atoms with Gasteiger partial charge in [0.2, 0.25) is 5.89 Å². The third kappa shape index (κ3) is 6.75. The van der Waals surface area contributed by atoms with Gasteiger partial charge in [-0.05, 0) is 26.0 Å². The first-order valence-electron chi connectivity index (χ1n) is 9.67. The maximum absolute atomic E-state index is 5.94. The van der Waals surface area contributed by atoms with E-state index in [4.69, 9.17) is 14.0 Å². The molecule has 154 valence electrons. The van der Waals surface area contributed by atoms with Crippen molar-refractivity contribution in [1.29, 1.82) is 0 Å². The Hall–Kier alpha value is -2.77. The van der Waals surface area contributed by atoms with E-state index in [9.17, 15) is 0 Å². The van der Waals surface area contributed by atoms with Crippen LogP contribution in [-0.2, 0) is 6.42 Å². The summed E-state index contributed by atoms with van der Waals surface area (Å²) in [6.07, 6.45) is 0.536. The van der Waals surface area contributed by atoms with E-state index in [0.717, 1.165) is 18.3 Å². The average Bonchev–Trinajstić information content (AvgIpc) is 3.16. The molecular weight excluding hydrogens is 358 g/mol. The van der Waals surface area contributed by atoms with E-state index in [-0.39, 0.29) is 12.0 Å². The molecule has 1 atom stereocenters. The largest absolute Gasteiger partial charge is 0.493 e. The Labute approximate surface area is 166 Å². The standard InChI is InChI=1S/C20H31N5O3/c1-6-21-20(22-12-11-18-24-19(14(2)3)25-28-18)23-13-15(4)27-17-10-8-7-9-16(17)26-5/h7-10,14-15H,6,11-13H2,1-5H3,(H2,21,22,23). The molecule has 0 amide bonds. The summed E-state index contributed by atoms with van der Waals surface area (Å²) in [7, 11) is 1.63. The zero-order valence-electron chi connectivity index (χ0n) is 17.4. The molecule has 0 aliphatic heterocycles. The van der Waals surface area contributed by atoms with Crippen LogP contribution in [0.4, 0.5) is 0 Å². The summed E-state index contributed by atoms with van der Waals surface area (Å²) in [5.74, 6) is 3.76. The molecule has 1 aromatic heterocycles. The Bertz CT molecular complexity index is 745. The van der Waals surface area contributed by atoms with E-state index in [1.165, 1.54) is 0 Å². The number of aliphatic imine (C=N–C) groups is 1. The molecule has 1 aromatic carbocycles. The summed E-state index contributed by atoms with van der Waals surface area (Å²) in [6, 6.07) is 7.59. The van der Waals surface area contributed by atoms with Gasteiger partial charge in [-0.1, -0.05) is 31.1 Å². The Morgan fingerprint density at radius 1 is 1.18 bits per heavy atom. The summed E-state index contributed by atoms with van der Waals surface area (Å²) < 4.78 is 16.5. The molecule has 8 nitrogen and oxygen atoms in total. The highest BCUT2D eigenvalue weighted by atomic mass is 16.5. The monoisotopic (exact) mass is 389 g/mol. The van der Waals surface area contributed by atoms with E-state index < -0.39 is 0 Å². The van der Waals surface area contributed by atoms with Crippen LogP contribution in [0.3, 0.4) is 0 Å². The Kier molecular flexibility index (Phi) is 8.58. The fourth-order valence-electron chi connectivity index (χ4n) is 2.42. The van der Waals surface area contributed by atoms with Gasteiger partial charge < -0.3 is 24.6 Å². The van der Waals surface area contributed by atoms with Crippen LogP contribution < -0.4 is 20.1 Å². The van der Waals surface area contributed by atoms with Gasteiger partial charge in [0.25, 0.3) is 0 Å². The van der Waals surface area contributed by atoms with Gasteiger partial charge in [-0.15, -0.1) is 0 Å². The number of nitrogens with zero attached hydrogens (tertiary/aromatic N) is 3. The fraction of sp³-hybridized carbons (Fsp3) is 0.550. The first-order chi connectivity index (χ1) is 13.5. The van der Waals surface area contributed by atoms with Crippen molar-refractivity contribution >= 4 is 5.96 Å². The molecule has 2 N–H and O–H groups in total. The smallest absolute Gasteiger partial charge is 0.228 e. The number of guanidine groups is 1. The van der Waals surface area contributed by atoms with Crippen LogP contribution in [0, 0.1) is 0 Å². The Morgan fingerprint density at radius 2 is 1.93 bits per heavy atom. The molecule has 0 saturated heterocycles. The molecule has 1 heterocycles. The van der Waals surface area contributed by atoms with Gasteiger partial charge in [-0.3, -0.25) is 0 Å². The number of benzene rings is 1. The fourth-order valence-corrected chi connectivity index (χ4v) is 2.42. The second-order valence-electron chi connectivity index (χ2n) is 6.68. The highest BCUT2D eigenvalue weighted by Crippen LogP contribution is 2.26. The van der Waals surface area contributed by atoms with Crippen molar-refractivity contribution in [3.63, 3.8) is 0 Å². The molecule has 8 heteroatoms. The van der Waals surface area contributed by atoms with Gasteiger partial charge in [0.05, 0.1) is 13.7 Å². The first kappa shape index (κ1) is 21.5. The zero-order chi connectivity index (χ0) is 20.4. The molecule has 0 aliphatic rings. The number of ether oxygens (including phenoxy) is 2. The minimum Gasteiger partial charge on any atom is -0.493 e. The highest BCUT2D eigenvalue weighted by molar-refractivity contribution is 5.79. The van der Waals surface area contributed by atoms with Crippen molar-refractivity contribution in [2.24, 2.45) is 4.99 Å². The maximum atomic E-state index is 5.94. The second-order valence-corrected chi connectivity index (χ2v) is 6.68. The molecule has 0 bridgehead atoms. The van der Waals surface area contributed by atoms with Crippen molar-refractivity contribution < 1.29 is 14.0 Å². The number of aromatic nitrogens is 2. The minimum atomic E-state index is -0.101. The third-order valence-electron chi connectivity index (χ3n) is 3.88. The minimum absolute atomic E-state index is 0.101. The van der Waals surface area contributed by atoms with Crippen LogP contribution in [0.2, 0.25) is 0 Å². The van der Waals surface area contributed by atoms with Gasteiger partial charge in [0.15, 0.2) is 23.3 Å². The molecule has 28 heavy (non-hydrogen) atoms. The molecule has 0 aliphatic carbocycles. The van der Waals surface area contributed by atoms with Crippen molar-refractivity contribution in [3.05, 3.63) is 36.0 Å². The summed E-state index contributed by atoms with van der Waals surface area (Å²) >= 11 is 0. The lowest BCUT2D eigenvalue weighted by molar-refractivity contribution is 0.219. The highest BCUT2D eigenvalue weighted by Gasteiger charge is 2.11. The van der Waals surface area contributed by atoms with E-state index in [0.29, 0.717) is 36.9 Å². The molecule has 2 aromatic rings. The van der Waals surface area contributed by atoms with Crippen LogP contribution in [0.5, 0.6) is 11.5 Å². The number of methoxy groups -OCH3 is 1. The predicted octanol–water partition coefficient (Wildman–Crippen LogP) is 2.77. The lowest BCUT2D eigenvalue weighted by atomic mass is 10.2. The van der Waals surface area contributed by atoms with E-state index >= 15 is 0 Å². The number of nitrogens with one attached hydrogen (secondary N) is 2. The lowest BCUT2D eigenvalue weighted by Gasteiger charge is -2.16. The maximum Gasteiger partial charge on any atom is 0.228 e. The molecular formula is C20H31N5O3. The van der Waals surface area contributed by atoms with Gasteiger partial charge in [-0.25, -0.2) is 4.99 Å². The van der Waals surface area contributed by atoms with Gasteiger partial charge in [0.1, 0.15) is 6.10 Å². The zero-order valence-corrected chi connectivity index (χ0v) is 17.4. The molecule has 0 fully saturated rings. The van der Waals surface area contributed by atoms with Crippen LogP contribution in [0.15, 0.2) is 33.8 Å². The number of hydrogen-bond donors (Lipinski definition) is 2. The third-order valence-corrected chi connectivity index (χ3v) is 3.88. The summed E-state index contributed by atoms with van der Waals surface area (Å²) in [4.78, 5) is 8.97. The van der Waals surface area contributed by atoms with Crippen LogP contribution >= 0.6 is 0 Å². The van der Waals surface area contributed by atoms with Gasteiger partial charge >= 0.3 is 0 Å². The van der Waals surface area contributed by atoms with Crippen LogP contribution in [0.1, 0.15) is 45.3 Å². The van der Waals surface area contributed by atoms with E-state index in [2.05, 4.69) is 25.8 Å². The summed E-state index contributed by atoms with van der Waals surface area (Å²) in [5, 5.41) is 10.5. The number of para-hydroxylation sites is 2. The first-order valence-corrected chi connectivity index (χ1v) is 9.67. The summed E-state index contributed by atoms with van der Waals surface area (Å²) in [5.41, 5.74) is 0. The van der Waals surface area contributed by atoms with Crippen LogP contribution in [0.25, 0.3) is 0 Å². The Morgan fingerprint density at radius 3 is 2.57 bits per heavy atom. The van der Waals surface area contributed by atoms with E-state index in [1.54, 1.807) is 7.11 Å². The summed E-state index contributed by atoms with van der Waals surface area (Å²) in [6.45, 7) is 10.0. The van der Waals surface area contributed by atoms with Crippen molar-refractivity contribution in [2.75, 3.05) is 26.7 Å².